The summed E-state index contributed by atoms with van der Waals surface area (Å²) in [6.45, 7) is 0. The molecule has 0 bridgehead atoms. The van der Waals surface area contributed by atoms with Crippen molar-refractivity contribution in [1.82, 2.24) is 4.98 Å². The van der Waals surface area contributed by atoms with E-state index in [-0.39, 0.29) is 10.6 Å². The van der Waals surface area contributed by atoms with Crippen molar-refractivity contribution in [3.63, 3.8) is 0 Å². The predicted octanol–water partition coefficient (Wildman–Crippen LogP) is 3.64. The van der Waals surface area contributed by atoms with Crippen LogP contribution in [-0.4, -0.2) is 13.4 Å². The Hall–Kier alpha value is -2.86. The topological polar surface area (TPSA) is 65.5 Å². The molecule has 0 saturated heterocycles. The van der Waals surface area contributed by atoms with Crippen LogP contribution in [0.1, 0.15) is 0 Å². The zero-order valence-corrected chi connectivity index (χ0v) is 12.8. The largest absolute Gasteiger partial charge is 0.439 e. The van der Waals surface area contributed by atoms with Crippen LogP contribution in [0.4, 0.5) is 0 Å². The molecule has 5 nitrogen and oxygen atoms in total. The Labute approximate surface area is 134 Å². The smallest absolute Gasteiger partial charge is 0.339 e. The Morgan fingerprint density at radius 1 is 0.739 bits per heavy atom. The molecule has 23 heavy (non-hydrogen) atoms. The lowest BCUT2D eigenvalue weighted by atomic mass is 10.3. The van der Waals surface area contributed by atoms with Crippen LogP contribution in [-0.2, 0) is 10.1 Å². The summed E-state index contributed by atoms with van der Waals surface area (Å²) in [6, 6.07) is 19.6. The van der Waals surface area contributed by atoms with Crippen LogP contribution in [0.25, 0.3) is 0 Å². The molecular formula is C17H13NO4S. The predicted molar refractivity (Wildman–Crippen MR) is 85.0 cm³/mol. The van der Waals surface area contributed by atoms with Gasteiger partial charge in [0.05, 0.1) is 0 Å². The highest BCUT2D eigenvalue weighted by molar-refractivity contribution is 7.87. The number of hydrogen-bond donors (Lipinski definition) is 0. The van der Waals surface area contributed by atoms with Crippen LogP contribution in [0.5, 0.6) is 17.4 Å². The molecule has 0 fully saturated rings. The van der Waals surface area contributed by atoms with Gasteiger partial charge in [-0.3, -0.25) is 0 Å². The number of ether oxygens (including phenoxy) is 1. The monoisotopic (exact) mass is 327 g/mol. The summed E-state index contributed by atoms with van der Waals surface area (Å²) in [5, 5.41) is 0. The van der Waals surface area contributed by atoms with E-state index in [0.29, 0.717) is 11.6 Å². The quantitative estimate of drug-likeness (QED) is 0.669. The van der Waals surface area contributed by atoms with Crippen molar-refractivity contribution in [3.05, 3.63) is 79.0 Å². The lowest BCUT2D eigenvalue weighted by Gasteiger charge is -2.08. The molecule has 2 aromatic carbocycles. The maximum Gasteiger partial charge on any atom is 0.339 e. The third-order valence-corrected chi connectivity index (χ3v) is 4.18. The van der Waals surface area contributed by atoms with Crippen LogP contribution in [0, 0.1) is 0 Å². The van der Waals surface area contributed by atoms with E-state index in [2.05, 4.69) is 4.98 Å². The Morgan fingerprint density at radius 2 is 1.39 bits per heavy atom. The van der Waals surface area contributed by atoms with Crippen LogP contribution in [0.3, 0.4) is 0 Å². The molecule has 0 aliphatic rings. The summed E-state index contributed by atoms with van der Waals surface area (Å²) >= 11 is 0. The molecule has 0 unspecified atom stereocenters. The summed E-state index contributed by atoms with van der Waals surface area (Å²) in [4.78, 5) is 4.15. The zero-order chi connectivity index (χ0) is 16.1. The first-order valence-corrected chi connectivity index (χ1v) is 8.23. The van der Waals surface area contributed by atoms with E-state index in [0.717, 1.165) is 0 Å². The molecule has 0 radical (unpaired) electrons. The summed E-state index contributed by atoms with van der Waals surface area (Å²) in [5.41, 5.74) is 0. The van der Waals surface area contributed by atoms with Gasteiger partial charge in [-0.15, -0.1) is 0 Å². The van der Waals surface area contributed by atoms with E-state index in [1.165, 1.54) is 24.3 Å². The zero-order valence-electron chi connectivity index (χ0n) is 12.0. The van der Waals surface area contributed by atoms with E-state index >= 15 is 0 Å². The van der Waals surface area contributed by atoms with E-state index in [4.69, 9.17) is 8.92 Å². The first-order valence-electron chi connectivity index (χ1n) is 6.82. The molecule has 0 amide bonds. The Morgan fingerprint density at radius 3 is 2.04 bits per heavy atom. The normalized spacial score (nSPS) is 11.0. The van der Waals surface area contributed by atoms with Gasteiger partial charge in [0.25, 0.3) is 0 Å². The third-order valence-electron chi connectivity index (χ3n) is 2.92. The van der Waals surface area contributed by atoms with Crippen molar-refractivity contribution < 1.29 is 17.3 Å². The van der Waals surface area contributed by atoms with Gasteiger partial charge in [-0.2, -0.15) is 8.42 Å². The standard InChI is InChI=1S/C17H13NO4S/c19-23(20,16-6-2-1-3-7-16)22-15-11-9-14(10-12-15)21-17-8-4-5-13-18-17/h1-13H. The summed E-state index contributed by atoms with van der Waals surface area (Å²) in [6.07, 6.45) is 1.62. The number of rotatable bonds is 5. The first-order chi connectivity index (χ1) is 11.1. The molecule has 0 N–H and O–H groups in total. The van der Waals surface area contributed by atoms with Gasteiger partial charge >= 0.3 is 10.1 Å². The molecule has 0 aliphatic heterocycles. The molecule has 0 spiro atoms. The average Bonchev–Trinajstić information content (AvgIpc) is 2.58. The summed E-state index contributed by atoms with van der Waals surface area (Å²) in [5.74, 6) is 1.20. The number of benzene rings is 2. The van der Waals surface area contributed by atoms with Gasteiger partial charge in [0.15, 0.2) is 0 Å². The van der Waals surface area contributed by atoms with Crippen LogP contribution in [0.2, 0.25) is 0 Å². The SMILES string of the molecule is O=S(=O)(Oc1ccc(Oc2ccccn2)cc1)c1ccccc1. The lowest BCUT2D eigenvalue weighted by Crippen LogP contribution is -2.09. The van der Waals surface area contributed by atoms with Crippen molar-refractivity contribution >= 4 is 10.1 Å². The molecule has 1 heterocycles. The second kappa shape index (κ2) is 6.50. The van der Waals surface area contributed by atoms with Crippen molar-refractivity contribution in [1.29, 1.82) is 0 Å². The maximum absolute atomic E-state index is 12.1. The highest BCUT2D eigenvalue weighted by atomic mass is 32.2. The van der Waals surface area contributed by atoms with E-state index in [9.17, 15) is 8.42 Å². The van der Waals surface area contributed by atoms with Gasteiger partial charge in [-0.05, 0) is 42.5 Å². The van der Waals surface area contributed by atoms with Gasteiger partial charge in [0.2, 0.25) is 5.88 Å². The van der Waals surface area contributed by atoms with E-state index < -0.39 is 10.1 Å². The molecular weight excluding hydrogens is 314 g/mol. The summed E-state index contributed by atoms with van der Waals surface area (Å²) < 4.78 is 34.9. The van der Waals surface area contributed by atoms with Crippen LogP contribution >= 0.6 is 0 Å². The minimum absolute atomic E-state index is 0.105. The fourth-order valence-corrected chi connectivity index (χ4v) is 2.80. The van der Waals surface area contributed by atoms with Crippen molar-refractivity contribution in [2.24, 2.45) is 0 Å². The number of pyridine rings is 1. The van der Waals surface area contributed by atoms with Crippen molar-refractivity contribution in [2.45, 2.75) is 4.90 Å². The molecule has 0 aliphatic carbocycles. The minimum atomic E-state index is -3.84. The highest BCUT2D eigenvalue weighted by Crippen LogP contribution is 2.24. The van der Waals surface area contributed by atoms with Crippen molar-refractivity contribution in [3.8, 4) is 17.4 Å². The minimum Gasteiger partial charge on any atom is -0.439 e. The second-order valence-electron chi connectivity index (χ2n) is 4.59. The molecule has 1 aromatic heterocycles. The van der Waals surface area contributed by atoms with Gasteiger partial charge in [-0.25, -0.2) is 4.98 Å². The second-order valence-corrected chi connectivity index (χ2v) is 6.14. The average molecular weight is 327 g/mol. The molecule has 0 saturated carbocycles. The fraction of sp³-hybridized carbons (Fsp3) is 0. The number of aromatic nitrogens is 1. The molecule has 3 rings (SSSR count). The van der Waals surface area contributed by atoms with E-state index in [1.54, 1.807) is 48.7 Å². The van der Waals surface area contributed by atoms with Crippen LogP contribution in [0.15, 0.2) is 83.9 Å². The Bertz CT molecular complexity index is 863. The fourth-order valence-electron chi connectivity index (χ4n) is 1.85. The summed E-state index contributed by atoms with van der Waals surface area (Å²) in [7, 11) is -3.84. The van der Waals surface area contributed by atoms with Crippen LogP contribution < -0.4 is 8.92 Å². The molecule has 3 aromatic rings. The van der Waals surface area contributed by atoms with Crippen molar-refractivity contribution in [2.75, 3.05) is 0 Å². The number of nitrogens with zero attached hydrogens (tertiary/aromatic N) is 1. The third kappa shape index (κ3) is 3.87. The van der Waals surface area contributed by atoms with Gasteiger partial charge < -0.3 is 8.92 Å². The van der Waals surface area contributed by atoms with E-state index in [1.807, 2.05) is 6.07 Å². The molecule has 116 valence electrons. The first kappa shape index (κ1) is 15.1. The van der Waals surface area contributed by atoms with Gasteiger partial charge in [-0.1, -0.05) is 24.3 Å². The maximum atomic E-state index is 12.1. The van der Waals surface area contributed by atoms with Gasteiger partial charge in [0.1, 0.15) is 16.4 Å². The molecule has 0 atom stereocenters. The Balaban J connectivity index is 1.73. The number of hydrogen-bond acceptors (Lipinski definition) is 5. The Kier molecular flexibility index (Phi) is 4.25. The van der Waals surface area contributed by atoms with Gasteiger partial charge in [0, 0.05) is 12.3 Å². The lowest BCUT2D eigenvalue weighted by molar-refractivity contribution is 0.459. The molecule has 6 heteroatoms. The highest BCUT2D eigenvalue weighted by Gasteiger charge is 2.15.